The molecule has 1 amide bonds. The Morgan fingerprint density at radius 3 is 2.74 bits per heavy atom. The topological polar surface area (TPSA) is 95.8 Å². The fourth-order valence-electron chi connectivity index (χ4n) is 2.93. The van der Waals surface area contributed by atoms with E-state index in [9.17, 15) is 4.79 Å². The fourth-order valence-corrected chi connectivity index (χ4v) is 2.93. The van der Waals surface area contributed by atoms with Gasteiger partial charge in [0.1, 0.15) is 0 Å². The number of benzene rings is 2. The van der Waals surface area contributed by atoms with Crippen LogP contribution in [0.25, 0.3) is 22.2 Å². The lowest BCUT2D eigenvalue weighted by Crippen LogP contribution is -2.23. The highest BCUT2D eigenvalue weighted by atomic mass is 16.4. The number of carbonyl (C=O) groups excluding carboxylic acids is 1. The number of anilines is 2. The summed E-state index contributed by atoms with van der Waals surface area (Å²) in [6, 6.07) is 14.1. The zero-order valence-electron chi connectivity index (χ0n) is 15.0. The van der Waals surface area contributed by atoms with Crippen LogP contribution in [0.4, 0.5) is 11.7 Å². The molecule has 1 unspecified atom stereocenters. The number of nitrogens with one attached hydrogen (secondary N) is 3. The number of fused-ring (bicyclic) bond motifs is 1. The molecule has 0 aliphatic heterocycles. The predicted octanol–water partition coefficient (Wildman–Crippen LogP) is 4.16. The van der Waals surface area contributed by atoms with Crippen LogP contribution in [-0.4, -0.2) is 21.1 Å². The van der Waals surface area contributed by atoms with Gasteiger partial charge in [-0.3, -0.25) is 9.89 Å². The number of aromatic amines is 1. The number of nitrogens with zero attached hydrogens (tertiary/aromatic N) is 2. The van der Waals surface area contributed by atoms with E-state index in [2.05, 4.69) is 25.8 Å². The first-order chi connectivity index (χ1) is 13.1. The van der Waals surface area contributed by atoms with Crippen molar-refractivity contribution in [1.29, 1.82) is 0 Å². The van der Waals surface area contributed by atoms with Crippen LogP contribution >= 0.6 is 0 Å². The summed E-state index contributed by atoms with van der Waals surface area (Å²) in [6.07, 6.45) is 3.45. The molecule has 0 bridgehead atoms. The number of rotatable bonds is 5. The van der Waals surface area contributed by atoms with Gasteiger partial charge in [0.25, 0.3) is 6.01 Å². The van der Waals surface area contributed by atoms with Crippen LogP contribution in [0.3, 0.4) is 0 Å². The molecular weight excluding hydrogens is 342 g/mol. The van der Waals surface area contributed by atoms with Gasteiger partial charge in [-0.15, -0.1) is 0 Å². The number of hydrogen-bond donors (Lipinski definition) is 3. The molecule has 0 aliphatic carbocycles. The van der Waals surface area contributed by atoms with Gasteiger partial charge in [0.15, 0.2) is 5.76 Å². The average molecular weight is 361 g/mol. The molecule has 0 saturated carbocycles. The van der Waals surface area contributed by atoms with Gasteiger partial charge in [0, 0.05) is 23.6 Å². The van der Waals surface area contributed by atoms with Crippen molar-refractivity contribution >= 4 is 28.5 Å². The van der Waals surface area contributed by atoms with E-state index >= 15 is 0 Å². The number of amides is 1. The summed E-state index contributed by atoms with van der Waals surface area (Å²) in [7, 11) is 0. The minimum atomic E-state index is -0.0499. The van der Waals surface area contributed by atoms with E-state index < -0.39 is 0 Å². The van der Waals surface area contributed by atoms with Crippen LogP contribution in [0.2, 0.25) is 0 Å². The van der Waals surface area contributed by atoms with Crippen LogP contribution < -0.4 is 10.6 Å². The lowest BCUT2D eigenvalue weighted by atomic mass is 10.1. The SMILES string of the molecule is CC(=O)NC(C)c1ccc(-c2cnc(Nc3ccc4[nH]ncc4c3)o2)cc1. The molecule has 7 nitrogen and oxygen atoms in total. The smallest absolute Gasteiger partial charge is 0.299 e. The molecular formula is C20H19N5O2. The van der Waals surface area contributed by atoms with E-state index in [0.717, 1.165) is 27.7 Å². The standard InChI is InChI=1S/C20H19N5O2/c1-12(23-13(2)26)14-3-5-15(6-4-14)19-11-21-20(27-19)24-17-7-8-18-16(9-17)10-22-25-18/h3-12H,1-2H3,(H,21,24)(H,22,25)(H,23,26). The minimum Gasteiger partial charge on any atom is -0.423 e. The summed E-state index contributed by atoms with van der Waals surface area (Å²) >= 11 is 0. The van der Waals surface area contributed by atoms with Gasteiger partial charge in [-0.25, -0.2) is 4.98 Å². The molecule has 27 heavy (non-hydrogen) atoms. The first kappa shape index (κ1) is 16.8. The summed E-state index contributed by atoms with van der Waals surface area (Å²) in [4.78, 5) is 15.5. The number of hydrogen-bond acceptors (Lipinski definition) is 5. The summed E-state index contributed by atoms with van der Waals surface area (Å²) < 4.78 is 5.82. The molecule has 4 aromatic rings. The van der Waals surface area contributed by atoms with E-state index in [1.54, 1.807) is 12.4 Å². The predicted molar refractivity (Wildman–Crippen MR) is 104 cm³/mol. The lowest BCUT2D eigenvalue weighted by Gasteiger charge is -2.12. The normalized spacial score (nSPS) is 12.1. The third kappa shape index (κ3) is 3.67. The average Bonchev–Trinajstić information content (AvgIpc) is 3.30. The Balaban J connectivity index is 1.49. The van der Waals surface area contributed by atoms with Crippen molar-refractivity contribution < 1.29 is 9.21 Å². The van der Waals surface area contributed by atoms with Crippen molar-refractivity contribution in [2.75, 3.05) is 5.32 Å². The second-order valence-electron chi connectivity index (χ2n) is 6.37. The third-order valence-corrected chi connectivity index (χ3v) is 4.31. The van der Waals surface area contributed by atoms with Gasteiger partial charge in [-0.1, -0.05) is 24.3 Å². The van der Waals surface area contributed by atoms with Gasteiger partial charge in [0.2, 0.25) is 5.91 Å². The summed E-state index contributed by atoms with van der Waals surface area (Å²) in [5.41, 5.74) is 3.79. The van der Waals surface area contributed by atoms with Gasteiger partial charge >= 0.3 is 0 Å². The summed E-state index contributed by atoms with van der Waals surface area (Å²) in [6.45, 7) is 3.46. The molecule has 0 saturated heterocycles. The minimum absolute atomic E-state index is 0.0404. The third-order valence-electron chi connectivity index (χ3n) is 4.31. The highest BCUT2D eigenvalue weighted by Crippen LogP contribution is 2.26. The second-order valence-corrected chi connectivity index (χ2v) is 6.37. The van der Waals surface area contributed by atoms with Crippen LogP contribution in [-0.2, 0) is 4.79 Å². The van der Waals surface area contributed by atoms with E-state index in [4.69, 9.17) is 4.42 Å². The van der Waals surface area contributed by atoms with Crippen LogP contribution in [0.1, 0.15) is 25.5 Å². The quantitative estimate of drug-likeness (QED) is 0.496. The maximum atomic E-state index is 11.2. The molecule has 136 valence electrons. The number of aromatic nitrogens is 3. The van der Waals surface area contributed by atoms with Gasteiger partial charge in [-0.2, -0.15) is 5.10 Å². The van der Waals surface area contributed by atoms with Crippen LogP contribution in [0, 0.1) is 0 Å². The number of carbonyl (C=O) groups is 1. The molecule has 2 heterocycles. The zero-order chi connectivity index (χ0) is 18.8. The Morgan fingerprint density at radius 1 is 1.15 bits per heavy atom. The van der Waals surface area contributed by atoms with E-state index in [1.807, 2.05) is 49.4 Å². The van der Waals surface area contributed by atoms with Crippen molar-refractivity contribution in [3.8, 4) is 11.3 Å². The van der Waals surface area contributed by atoms with Crippen molar-refractivity contribution in [3.05, 3.63) is 60.4 Å². The highest BCUT2D eigenvalue weighted by Gasteiger charge is 2.10. The molecule has 4 rings (SSSR count). The van der Waals surface area contributed by atoms with Crippen LogP contribution in [0.15, 0.2) is 59.3 Å². The van der Waals surface area contributed by atoms with Crippen molar-refractivity contribution in [2.24, 2.45) is 0 Å². The lowest BCUT2D eigenvalue weighted by molar-refractivity contribution is -0.119. The van der Waals surface area contributed by atoms with Gasteiger partial charge < -0.3 is 15.1 Å². The van der Waals surface area contributed by atoms with Crippen molar-refractivity contribution in [3.63, 3.8) is 0 Å². The summed E-state index contributed by atoms with van der Waals surface area (Å²) in [5, 5.41) is 14.0. The molecule has 0 spiro atoms. The van der Waals surface area contributed by atoms with Gasteiger partial charge in [-0.05, 0) is 30.7 Å². The fraction of sp³-hybridized carbons (Fsp3) is 0.150. The molecule has 7 heteroatoms. The van der Waals surface area contributed by atoms with E-state index in [0.29, 0.717) is 11.8 Å². The van der Waals surface area contributed by atoms with Gasteiger partial charge in [0.05, 0.1) is 24.0 Å². The molecule has 2 aromatic heterocycles. The summed E-state index contributed by atoms with van der Waals surface area (Å²) in [5.74, 6) is 0.617. The van der Waals surface area contributed by atoms with E-state index in [-0.39, 0.29) is 11.9 Å². The van der Waals surface area contributed by atoms with Crippen molar-refractivity contribution in [1.82, 2.24) is 20.5 Å². The molecule has 1 atom stereocenters. The Hall–Kier alpha value is -3.61. The largest absolute Gasteiger partial charge is 0.423 e. The maximum absolute atomic E-state index is 11.2. The Kier molecular flexibility index (Phi) is 4.33. The molecule has 0 fully saturated rings. The second kappa shape index (κ2) is 6.95. The highest BCUT2D eigenvalue weighted by molar-refractivity contribution is 5.82. The molecule has 2 aromatic carbocycles. The van der Waals surface area contributed by atoms with Crippen LogP contribution in [0.5, 0.6) is 0 Å². The Labute approximate surface area is 155 Å². The van der Waals surface area contributed by atoms with Crippen molar-refractivity contribution in [2.45, 2.75) is 19.9 Å². The number of H-pyrrole nitrogens is 1. The zero-order valence-corrected chi connectivity index (χ0v) is 15.0. The first-order valence-corrected chi connectivity index (χ1v) is 8.62. The molecule has 3 N–H and O–H groups in total. The Morgan fingerprint density at radius 2 is 1.96 bits per heavy atom. The maximum Gasteiger partial charge on any atom is 0.299 e. The monoisotopic (exact) mass is 361 g/mol. The molecule has 0 aliphatic rings. The molecule has 0 radical (unpaired) electrons. The first-order valence-electron chi connectivity index (χ1n) is 8.62. The number of oxazole rings is 1. The van der Waals surface area contributed by atoms with E-state index in [1.165, 1.54) is 6.92 Å². The Bertz CT molecular complexity index is 1080.